The standard InChI is InChI=1S/C22H29N2.ClH/c1-3-19-6-10-21(11-7-19)16-23-14-5-15-24(18-23)17-22-12-8-20(4-2)9-13-22;/h6-13,18H,3-5,14-17H2,1-2H3;1H/q+1;/p-1. The molecule has 0 aliphatic carbocycles. The molecule has 0 atom stereocenters. The minimum atomic E-state index is 0. The van der Waals surface area contributed by atoms with Gasteiger partial charge in [-0.25, -0.2) is 0 Å². The molecule has 3 heteroatoms. The zero-order chi connectivity index (χ0) is 16.8. The molecule has 1 aliphatic rings. The van der Waals surface area contributed by atoms with Crippen molar-refractivity contribution in [3.63, 3.8) is 0 Å². The number of rotatable bonds is 6. The normalized spacial score (nSPS) is 14.0. The van der Waals surface area contributed by atoms with Crippen LogP contribution in [0.1, 0.15) is 42.5 Å². The number of benzene rings is 2. The van der Waals surface area contributed by atoms with Gasteiger partial charge in [0.1, 0.15) is 13.1 Å². The molecule has 3 rings (SSSR count). The molecule has 0 aromatic heterocycles. The first kappa shape index (κ1) is 19.5. The predicted molar refractivity (Wildman–Crippen MR) is 102 cm³/mol. The Balaban J connectivity index is 0.00000225. The summed E-state index contributed by atoms with van der Waals surface area (Å²) in [5, 5.41) is 0. The van der Waals surface area contributed by atoms with Crippen LogP contribution in [0.3, 0.4) is 0 Å². The van der Waals surface area contributed by atoms with Gasteiger partial charge in [-0.15, -0.1) is 0 Å². The van der Waals surface area contributed by atoms with Crippen LogP contribution >= 0.6 is 0 Å². The number of hydrogen-bond donors (Lipinski definition) is 0. The minimum Gasteiger partial charge on any atom is -1.00 e. The summed E-state index contributed by atoms with van der Waals surface area (Å²) < 4.78 is 2.45. The third-order valence-corrected chi connectivity index (χ3v) is 4.85. The van der Waals surface area contributed by atoms with Crippen molar-refractivity contribution in [3.8, 4) is 0 Å². The number of halogens is 1. The van der Waals surface area contributed by atoms with E-state index < -0.39 is 0 Å². The number of nitrogens with zero attached hydrogens (tertiary/aromatic N) is 2. The van der Waals surface area contributed by atoms with Crippen LogP contribution in [-0.4, -0.2) is 28.9 Å². The van der Waals surface area contributed by atoms with Gasteiger partial charge >= 0.3 is 0 Å². The van der Waals surface area contributed by atoms with Crippen molar-refractivity contribution >= 4 is 6.34 Å². The lowest BCUT2D eigenvalue weighted by Crippen LogP contribution is -3.00. The van der Waals surface area contributed by atoms with E-state index in [0.717, 1.165) is 39.0 Å². The van der Waals surface area contributed by atoms with Crippen molar-refractivity contribution in [1.82, 2.24) is 4.90 Å². The van der Waals surface area contributed by atoms with Crippen molar-refractivity contribution in [2.45, 2.75) is 46.2 Å². The van der Waals surface area contributed by atoms with Crippen LogP contribution in [0.5, 0.6) is 0 Å². The Kier molecular flexibility index (Phi) is 7.52. The fourth-order valence-corrected chi connectivity index (χ4v) is 3.29. The van der Waals surface area contributed by atoms with Gasteiger partial charge in [0.25, 0.3) is 0 Å². The topological polar surface area (TPSA) is 6.25 Å². The van der Waals surface area contributed by atoms with Crippen molar-refractivity contribution < 1.29 is 17.0 Å². The Bertz CT molecular complexity index is 674. The van der Waals surface area contributed by atoms with Crippen LogP contribution in [0, 0.1) is 0 Å². The first-order valence-corrected chi connectivity index (χ1v) is 9.25. The molecule has 25 heavy (non-hydrogen) atoms. The molecule has 0 unspecified atom stereocenters. The van der Waals surface area contributed by atoms with E-state index in [9.17, 15) is 0 Å². The lowest BCUT2D eigenvalue weighted by Gasteiger charge is -2.21. The molecule has 134 valence electrons. The van der Waals surface area contributed by atoms with Crippen LogP contribution in [0.15, 0.2) is 48.5 Å². The van der Waals surface area contributed by atoms with E-state index in [1.54, 1.807) is 0 Å². The lowest BCUT2D eigenvalue weighted by atomic mass is 10.1. The third-order valence-electron chi connectivity index (χ3n) is 4.85. The summed E-state index contributed by atoms with van der Waals surface area (Å²) in [7, 11) is 0. The predicted octanol–water partition coefficient (Wildman–Crippen LogP) is 1.26. The number of aryl methyl sites for hydroxylation is 2. The highest BCUT2D eigenvalue weighted by Gasteiger charge is 2.17. The minimum absolute atomic E-state index is 0. The average molecular weight is 357 g/mol. The van der Waals surface area contributed by atoms with Gasteiger partial charge in [0.2, 0.25) is 6.34 Å². The first-order chi connectivity index (χ1) is 11.8. The van der Waals surface area contributed by atoms with E-state index in [0.29, 0.717) is 0 Å². The van der Waals surface area contributed by atoms with Crippen LogP contribution in [0.2, 0.25) is 0 Å². The fraction of sp³-hybridized carbons (Fsp3) is 0.409. The zero-order valence-electron chi connectivity index (χ0n) is 15.4. The van der Waals surface area contributed by atoms with Gasteiger partial charge < -0.3 is 12.4 Å². The Morgan fingerprint density at radius 1 is 0.800 bits per heavy atom. The molecule has 0 spiro atoms. The molecular formula is C22H29ClN2. The van der Waals surface area contributed by atoms with E-state index in [1.165, 1.54) is 28.7 Å². The zero-order valence-corrected chi connectivity index (χ0v) is 16.2. The summed E-state index contributed by atoms with van der Waals surface area (Å²) in [6.07, 6.45) is 5.78. The molecule has 2 aromatic rings. The highest BCUT2D eigenvalue weighted by Crippen LogP contribution is 2.11. The molecule has 0 amide bonds. The van der Waals surface area contributed by atoms with Gasteiger partial charge in [-0.05, 0) is 35.1 Å². The fourth-order valence-electron chi connectivity index (χ4n) is 3.29. The SMILES string of the molecule is CCc1ccc(CN2C=[N+](Cc3ccc(CC)cc3)CCC2)cc1.[Cl-]. The maximum atomic E-state index is 2.45. The van der Waals surface area contributed by atoms with Crippen molar-refractivity contribution in [1.29, 1.82) is 0 Å². The first-order valence-electron chi connectivity index (χ1n) is 9.25. The summed E-state index contributed by atoms with van der Waals surface area (Å²) in [6.45, 7) is 8.74. The van der Waals surface area contributed by atoms with Gasteiger partial charge in [0.05, 0.1) is 13.1 Å². The van der Waals surface area contributed by atoms with E-state index in [-0.39, 0.29) is 12.4 Å². The van der Waals surface area contributed by atoms with E-state index in [1.807, 2.05) is 0 Å². The molecule has 2 aromatic carbocycles. The second-order valence-corrected chi connectivity index (χ2v) is 6.75. The monoisotopic (exact) mass is 356 g/mol. The summed E-state index contributed by atoms with van der Waals surface area (Å²) >= 11 is 0. The maximum absolute atomic E-state index is 2.45. The Hall–Kier alpha value is -1.80. The molecule has 1 heterocycles. The van der Waals surface area contributed by atoms with Gasteiger partial charge in [-0.3, -0.25) is 9.48 Å². The lowest BCUT2D eigenvalue weighted by molar-refractivity contribution is -0.549. The van der Waals surface area contributed by atoms with Crippen LogP contribution in [-0.2, 0) is 25.9 Å². The summed E-state index contributed by atoms with van der Waals surface area (Å²) in [5.41, 5.74) is 5.63. The van der Waals surface area contributed by atoms with Crippen molar-refractivity contribution in [2.24, 2.45) is 0 Å². The van der Waals surface area contributed by atoms with Gasteiger partial charge in [0, 0.05) is 6.42 Å². The smallest absolute Gasteiger partial charge is 0.234 e. The van der Waals surface area contributed by atoms with Crippen molar-refractivity contribution in [3.05, 3.63) is 70.8 Å². The van der Waals surface area contributed by atoms with Gasteiger partial charge in [-0.1, -0.05) is 62.4 Å². The van der Waals surface area contributed by atoms with Gasteiger partial charge in [0.15, 0.2) is 0 Å². The molecule has 0 saturated heterocycles. The molecule has 0 saturated carbocycles. The second kappa shape index (κ2) is 9.62. The Morgan fingerprint density at radius 3 is 1.88 bits per heavy atom. The van der Waals surface area contributed by atoms with Crippen LogP contribution in [0.4, 0.5) is 0 Å². The number of hydrogen-bond acceptors (Lipinski definition) is 1. The van der Waals surface area contributed by atoms with Crippen molar-refractivity contribution in [2.75, 3.05) is 13.1 Å². The van der Waals surface area contributed by atoms with E-state index >= 15 is 0 Å². The average Bonchev–Trinajstić information content (AvgIpc) is 2.63. The summed E-state index contributed by atoms with van der Waals surface area (Å²) in [6, 6.07) is 18.1. The molecule has 0 bridgehead atoms. The molecular weight excluding hydrogens is 328 g/mol. The summed E-state index contributed by atoms with van der Waals surface area (Å²) in [4.78, 5) is 2.45. The highest BCUT2D eigenvalue weighted by atomic mass is 35.5. The molecule has 0 radical (unpaired) electrons. The quantitative estimate of drug-likeness (QED) is 0.706. The van der Waals surface area contributed by atoms with E-state index in [4.69, 9.17) is 0 Å². The Morgan fingerprint density at radius 2 is 1.32 bits per heavy atom. The largest absolute Gasteiger partial charge is 1.00 e. The molecule has 1 aliphatic heterocycles. The third kappa shape index (κ3) is 5.61. The van der Waals surface area contributed by atoms with E-state index in [2.05, 4.69) is 78.2 Å². The van der Waals surface area contributed by atoms with Gasteiger partial charge in [-0.2, -0.15) is 0 Å². The molecule has 0 N–H and O–H groups in total. The molecule has 0 fully saturated rings. The second-order valence-electron chi connectivity index (χ2n) is 6.75. The maximum Gasteiger partial charge on any atom is 0.234 e. The highest BCUT2D eigenvalue weighted by molar-refractivity contribution is 5.50. The Labute approximate surface area is 158 Å². The van der Waals surface area contributed by atoms with Crippen LogP contribution in [0.25, 0.3) is 0 Å². The summed E-state index contributed by atoms with van der Waals surface area (Å²) in [5.74, 6) is 0. The molecule has 2 nitrogen and oxygen atoms in total. The van der Waals surface area contributed by atoms with Crippen LogP contribution < -0.4 is 12.4 Å².